The van der Waals surface area contributed by atoms with Crippen molar-refractivity contribution in [2.45, 2.75) is 90.7 Å². The van der Waals surface area contributed by atoms with Gasteiger partial charge < -0.3 is 32.2 Å². The van der Waals surface area contributed by atoms with Gasteiger partial charge in [-0.3, -0.25) is 9.56 Å². The van der Waals surface area contributed by atoms with Crippen LogP contribution < -0.4 is 32.9 Å². The molecule has 0 aliphatic rings. The molecule has 0 spiro atoms. The Morgan fingerprint density at radius 1 is 1.00 bits per heavy atom. The van der Waals surface area contributed by atoms with Gasteiger partial charge in [-0.1, -0.05) is 59.7 Å². The van der Waals surface area contributed by atoms with Crippen molar-refractivity contribution in [1.82, 2.24) is 19.9 Å². The molecule has 2 aromatic carbocycles. The molecule has 0 aliphatic carbocycles. The number of alkyl halides is 4. The van der Waals surface area contributed by atoms with E-state index in [4.69, 9.17) is 17.2 Å². The van der Waals surface area contributed by atoms with Crippen LogP contribution in [0, 0.1) is 0 Å². The number of rotatable bonds is 12. The third-order valence-corrected chi connectivity index (χ3v) is 7.72. The van der Waals surface area contributed by atoms with Crippen molar-refractivity contribution in [3.05, 3.63) is 87.6 Å². The summed E-state index contributed by atoms with van der Waals surface area (Å²) in [6, 6.07) is 13.9. The first-order valence-electron chi connectivity index (χ1n) is 16.5. The van der Waals surface area contributed by atoms with Crippen LogP contribution in [0.1, 0.15) is 89.4 Å². The largest absolute Gasteiger partial charge is 0.573 e. The lowest BCUT2D eigenvalue weighted by Crippen LogP contribution is -2.23. The van der Waals surface area contributed by atoms with Crippen molar-refractivity contribution in [3.63, 3.8) is 0 Å². The summed E-state index contributed by atoms with van der Waals surface area (Å²) >= 11 is 0. The van der Waals surface area contributed by atoms with Gasteiger partial charge in [0.05, 0.1) is 5.69 Å². The molecule has 0 amide bonds. The van der Waals surface area contributed by atoms with Gasteiger partial charge in [0, 0.05) is 35.8 Å². The summed E-state index contributed by atoms with van der Waals surface area (Å²) in [5.74, 6) is -0.266. The smallest absolute Gasteiger partial charge is 0.406 e. The molecule has 0 unspecified atom stereocenters. The van der Waals surface area contributed by atoms with E-state index in [1.807, 2.05) is 51.2 Å². The van der Waals surface area contributed by atoms with Gasteiger partial charge in [0.15, 0.2) is 5.96 Å². The molecule has 0 radical (unpaired) electrons. The standard InChI is InChI=1S/C21H29N7O.C15H21F4NO/c1-21(2,3)17-11-15-13-28(20(29)27-18(15)26-17)16-7-5-14(6-8-16)12-24-9-4-10-25-19(22)23;1-14(2,3)11-7-10(13(16)5-4-6-20)8-12(9-11)21-15(17,18)19/h5-8,11,13,24H,4,9-10,12H2,1-3H3,(H4,22,23,25)(H,26,27,29);7-9,13H,4-6,20H2,1-3H3/t;13-/m.1/s1. The fraction of sp³-hybridized carbons (Fsp3) is 0.472. The number of nitrogens with one attached hydrogen (secondary N) is 2. The van der Waals surface area contributed by atoms with Crippen LogP contribution in [-0.2, 0) is 17.4 Å². The maximum absolute atomic E-state index is 14.1. The van der Waals surface area contributed by atoms with Gasteiger partial charge in [-0.15, -0.1) is 13.2 Å². The van der Waals surface area contributed by atoms with Crippen molar-refractivity contribution < 1.29 is 22.3 Å². The third-order valence-electron chi connectivity index (χ3n) is 7.72. The molecule has 2 aromatic heterocycles. The zero-order valence-corrected chi connectivity index (χ0v) is 29.6. The predicted octanol–water partition coefficient (Wildman–Crippen LogP) is 6.40. The second-order valence-electron chi connectivity index (χ2n) is 14.1. The molecule has 0 fully saturated rings. The minimum atomic E-state index is -4.79. The maximum atomic E-state index is 14.1. The van der Waals surface area contributed by atoms with Crippen LogP contribution in [0.3, 0.4) is 0 Å². The van der Waals surface area contributed by atoms with Gasteiger partial charge in [0.1, 0.15) is 17.6 Å². The van der Waals surface area contributed by atoms with Crippen molar-refractivity contribution in [2.24, 2.45) is 22.2 Å². The Balaban J connectivity index is 0.000000286. The van der Waals surface area contributed by atoms with E-state index in [0.29, 0.717) is 30.7 Å². The molecule has 8 N–H and O–H groups in total. The first-order valence-corrected chi connectivity index (χ1v) is 16.5. The normalized spacial score (nSPS) is 12.7. The second kappa shape index (κ2) is 17.0. The van der Waals surface area contributed by atoms with Crippen LogP contribution in [0.2, 0.25) is 0 Å². The Morgan fingerprint density at radius 3 is 2.26 bits per heavy atom. The molecule has 274 valence electrons. The number of guanidine groups is 1. The van der Waals surface area contributed by atoms with Crippen LogP contribution in [0.5, 0.6) is 5.75 Å². The average molecular weight is 703 g/mol. The molecule has 14 heteroatoms. The Bertz CT molecular complexity index is 1760. The Morgan fingerprint density at radius 2 is 1.68 bits per heavy atom. The molecule has 4 aromatic rings. The van der Waals surface area contributed by atoms with E-state index in [1.165, 1.54) is 6.07 Å². The van der Waals surface area contributed by atoms with Crippen LogP contribution in [-0.4, -0.2) is 46.5 Å². The number of nitrogens with two attached hydrogens (primary N) is 3. The molecular formula is C36H50F4N8O2. The average Bonchev–Trinajstić information content (AvgIpc) is 3.44. The van der Waals surface area contributed by atoms with Gasteiger partial charge in [0.2, 0.25) is 0 Å². The van der Waals surface area contributed by atoms with Crippen molar-refractivity contribution in [2.75, 3.05) is 19.6 Å². The number of nitrogens with zero attached hydrogens (tertiary/aromatic N) is 3. The van der Waals surface area contributed by atoms with Gasteiger partial charge in [0.25, 0.3) is 0 Å². The van der Waals surface area contributed by atoms with Gasteiger partial charge >= 0.3 is 12.1 Å². The summed E-state index contributed by atoms with van der Waals surface area (Å²) in [6.07, 6.45) is -2.80. The minimum Gasteiger partial charge on any atom is -0.406 e. The number of fused-ring (bicyclic) bond motifs is 1. The number of halogens is 4. The van der Waals surface area contributed by atoms with Gasteiger partial charge in [-0.2, -0.15) is 4.98 Å². The molecule has 50 heavy (non-hydrogen) atoms. The Labute approximate surface area is 290 Å². The van der Waals surface area contributed by atoms with E-state index >= 15 is 0 Å². The van der Waals surface area contributed by atoms with Crippen molar-refractivity contribution >= 4 is 17.0 Å². The Kier molecular flexibility index (Phi) is 13.6. The minimum absolute atomic E-state index is 0.0352. The first kappa shape index (κ1) is 40.0. The second-order valence-corrected chi connectivity index (χ2v) is 14.1. The number of aromatic amines is 1. The lowest BCUT2D eigenvalue weighted by atomic mass is 9.85. The third kappa shape index (κ3) is 12.5. The molecule has 0 bridgehead atoms. The molecular weight excluding hydrogens is 652 g/mol. The number of hydrogen-bond acceptors (Lipinski definition) is 6. The molecule has 0 aliphatic heterocycles. The van der Waals surface area contributed by atoms with Crippen LogP contribution in [0.15, 0.2) is 64.5 Å². The fourth-order valence-corrected chi connectivity index (χ4v) is 4.89. The molecule has 1 atom stereocenters. The lowest BCUT2D eigenvalue weighted by Gasteiger charge is -2.22. The number of benzene rings is 2. The maximum Gasteiger partial charge on any atom is 0.573 e. The van der Waals surface area contributed by atoms with Crippen molar-refractivity contribution in [1.29, 1.82) is 0 Å². The fourth-order valence-electron chi connectivity index (χ4n) is 4.89. The van der Waals surface area contributed by atoms with Crippen LogP contribution >= 0.6 is 0 Å². The highest BCUT2D eigenvalue weighted by atomic mass is 19.4. The zero-order valence-electron chi connectivity index (χ0n) is 29.6. The van der Waals surface area contributed by atoms with Crippen LogP contribution in [0.4, 0.5) is 17.6 Å². The quantitative estimate of drug-likeness (QED) is 0.0494. The SMILES string of the molecule is CC(C)(C)c1cc(OC(F)(F)F)cc([C@H](F)CCCN)c1.CC(C)(C)c1cc2cn(-c3ccc(CNCCCN=C(N)N)cc3)c(=O)nc2[nH]1. The highest BCUT2D eigenvalue weighted by Gasteiger charge is 2.32. The summed E-state index contributed by atoms with van der Waals surface area (Å²) in [6.45, 7) is 14.4. The van der Waals surface area contributed by atoms with E-state index in [0.717, 1.165) is 47.9 Å². The van der Waals surface area contributed by atoms with E-state index < -0.39 is 17.9 Å². The Hall–Kier alpha value is -4.43. The summed E-state index contributed by atoms with van der Waals surface area (Å²) in [5.41, 5.74) is 19.6. The number of aliphatic imine (C=N–C) groups is 1. The summed E-state index contributed by atoms with van der Waals surface area (Å²) in [4.78, 5) is 23.9. The van der Waals surface area contributed by atoms with E-state index in [-0.39, 0.29) is 34.8 Å². The number of H-pyrrole nitrogens is 1. The monoisotopic (exact) mass is 702 g/mol. The van der Waals surface area contributed by atoms with Crippen LogP contribution in [0.25, 0.3) is 16.7 Å². The number of hydrogen-bond donors (Lipinski definition) is 5. The van der Waals surface area contributed by atoms with E-state index in [2.05, 4.69) is 51.9 Å². The summed E-state index contributed by atoms with van der Waals surface area (Å²) < 4.78 is 56.7. The summed E-state index contributed by atoms with van der Waals surface area (Å²) in [7, 11) is 0. The molecule has 0 saturated heterocycles. The molecule has 10 nitrogen and oxygen atoms in total. The highest BCUT2D eigenvalue weighted by Crippen LogP contribution is 2.34. The van der Waals surface area contributed by atoms with E-state index in [9.17, 15) is 22.4 Å². The van der Waals surface area contributed by atoms with Crippen molar-refractivity contribution in [3.8, 4) is 11.4 Å². The van der Waals surface area contributed by atoms with Gasteiger partial charge in [-0.25, -0.2) is 9.18 Å². The molecule has 0 saturated carbocycles. The van der Waals surface area contributed by atoms with E-state index in [1.54, 1.807) is 10.6 Å². The number of aromatic nitrogens is 3. The molecule has 2 heterocycles. The molecule has 4 rings (SSSR count). The zero-order chi connectivity index (χ0) is 37.3. The summed E-state index contributed by atoms with van der Waals surface area (Å²) in [5, 5.41) is 4.27. The van der Waals surface area contributed by atoms with Gasteiger partial charge in [-0.05, 0) is 84.8 Å². The topological polar surface area (TPSA) is 162 Å². The first-order chi connectivity index (χ1) is 23.3. The number of ether oxygens (including phenoxy) is 1. The highest BCUT2D eigenvalue weighted by molar-refractivity contribution is 5.76. The lowest BCUT2D eigenvalue weighted by molar-refractivity contribution is -0.274. The predicted molar refractivity (Wildman–Crippen MR) is 191 cm³/mol.